The van der Waals surface area contributed by atoms with Crippen LogP contribution in [0.5, 0.6) is 0 Å². The second-order valence-corrected chi connectivity index (χ2v) is 10.6. The summed E-state index contributed by atoms with van der Waals surface area (Å²) in [5.74, 6) is 1.63. The molecule has 2 aromatic heterocycles. The molecule has 0 aliphatic carbocycles. The number of imidazole rings is 1. The molecule has 0 radical (unpaired) electrons. The summed E-state index contributed by atoms with van der Waals surface area (Å²) in [6.45, 7) is 7.19. The van der Waals surface area contributed by atoms with Crippen LogP contribution in [-0.4, -0.2) is 81.3 Å². The molecule has 192 valence electrons. The van der Waals surface area contributed by atoms with E-state index < -0.39 is 0 Å². The van der Waals surface area contributed by atoms with Crippen LogP contribution in [0.2, 0.25) is 10.0 Å². The van der Waals surface area contributed by atoms with Crippen LogP contribution in [0.25, 0.3) is 11.4 Å². The van der Waals surface area contributed by atoms with Gasteiger partial charge in [-0.15, -0.1) is 0 Å². The summed E-state index contributed by atoms with van der Waals surface area (Å²) < 4.78 is 0. The Hall–Kier alpha value is -2.16. The number of H-pyrrole nitrogens is 1. The minimum atomic E-state index is 0.0272. The van der Waals surface area contributed by atoms with E-state index in [-0.39, 0.29) is 12.6 Å². The van der Waals surface area contributed by atoms with Crippen molar-refractivity contribution in [2.45, 2.75) is 44.3 Å². The normalized spacial score (nSPS) is 21.1. The zero-order chi connectivity index (χ0) is 25.1. The third-order valence-electron chi connectivity index (χ3n) is 7.73. The predicted molar refractivity (Wildman–Crippen MR) is 146 cm³/mol. The molecule has 2 atom stereocenters. The van der Waals surface area contributed by atoms with Gasteiger partial charge in [-0.3, -0.25) is 9.80 Å². The van der Waals surface area contributed by atoms with Crippen molar-refractivity contribution in [3.63, 3.8) is 0 Å². The third kappa shape index (κ3) is 5.41. The van der Waals surface area contributed by atoms with E-state index in [1.54, 1.807) is 12.4 Å². The maximum absolute atomic E-state index is 10.1. The highest BCUT2D eigenvalue weighted by Gasteiger charge is 2.35. The number of hydrogen-bond donors (Lipinski definition) is 2. The molecule has 2 saturated heterocycles. The fourth-order valence-corrected chi connectivity index (χ4v) is 6.18. The number of benzene rings is 1. The number of pyridine rings is 1. The lowest BCUT2D eigenvalue weighted by atomic mass is 9.96. The standard InChI is InChI=1S/C27H34Cl2N6O/c1-2-22-17-34(27-24(29)15-20(16-32-27)26-30-9-10-31-26)13-14-35(22)23-7-11-33(12-8-23)25(18-36)19-3-5-21(28)6-4-19/h3-6,9-10,15-16,22-23,25,36H,2,7-8,11-14,17-18H2,1H3,(H,30,31)/t22-,25?/m0/s1. The van der Waals surface area contributed by atoms with Crippen molar-refractivity contribution in [1.29, 1.82) is 0 Å². The molecule has 5 rings (SSSR count). The average Bonchev–Trinajstić information content (AvgIpc) is 3.45. The minimum absolute atomic E-state index is 0.0272. The Labute approximate surface area is 223 Å². The Bertz CT molecular complexity index is 1120. The Balaban J connectivity index is 1.21. The number of aliphatic hydroxyl groups excluding tert-OH is 1. The van der Waals surface area contributed by atoms with Crippen molar-refractivity contribution in [2.24, 2.45) is 0 Å². The van der Waals surface area contributed by atoms with E-state index in [9.17, 15) is 5.11 Å². The number of likely N-dealkylation sites (tertiary alicyclic amines) is 1. The van der Waals surface area contributed by atoms with Gasteiger partial charge in [-0.25, -0.2) is 9.97 Å². The van der Waals surface area contributed by atoms with Crippen LogP contribution in [0.1, 0.15) is 37.8 Å². The molecular formula is C27H34Cl2N6O. The summed E-state index contributed by atoms with van der Waals surface area (Å²) in [6.07, 6.45) is 8.68. The van der Waals surface area contributed by atoms with Gasteiger partial charge < -0.3 is 15.0 Å². The number of aromatic nitrogens is 3. The van der Waals surface area contributed by atoms with Crippen molar-refractivity contribution >= 4 is 29.0 Å². The number of nitrogens with one attached hydrogen (secondary N) is 1. The van der Waals surface area contributed by atoms with Crippen LogP contribution < -0.4 is 4.90 Å². The molecule has 9 heteroatoms. The number of hydrogen-bond acceptors (Lipinski definition) is 6. The number of nitrogens with zero attached hydrogens (tertiary/aromatic N) is 5. The number of piperidine rings is 1. The van der Waals surface area contributed by atoms with E-state index in [1.165, 1.54) is 0 Å². The number of aromatic amines is 1. The van der Waals surface area contributed by atoms with Gasteiger partial charge in [0.15, 0.2) is 0 Å². The number of aliphatic hydroxyl groups is 1. The second kappa shape index (κ2) is 11.5. The number of halogens is 2. The first kappa shape index (κ1) is 25.5. The highest BCUT2D eigenvalue weighted by atomic mass is 35.5. The molecule has 0 saturated carbocycles. The van der Waals surface area contributed by atoms with E-state index >= 15 is 0 Å². The molecule has 0 amide bonds. The van der Waals surface area contributed by atoms with Gasteiger partial charge in [0.1, 0.15) is 11.6 Å². The number of anilines is 1. The predicted octanol–water partition coefficient (Wildman–Crippen LogP) is 4.88. The molecule has 7 nitrogen and oxygen atoms in total. The molecule has 2 N–H and O–H groups in total. The summed E-state index contributed by atoms with van der Waals surface area (Å²) in [6, 6.07) is 10.9. The SMILES string of the molecule is CC[C@H]1CN(c2ncc(-c3ncc[nH]3)cc2Cl)CCN1C1CCN(C(CO)c2ccc(Cl)cc2)CC1. The number of rotatable bonds is 7. The van der Waals surface area contributed by atoms with E-state index in [4.69, 9.17) is 28.2 Å². The lowest BCUT2D eigenvalue weighted by molar-refractivity contribution is 0.0356. The Morgan fingerprint density at radius 2 is 1.86 bits per heavy atom. The largest absolute Gasteiger partial charge is 0.394 e. The van der Waals surface area contributed by atoms with Crippen LogP contribution in [0.4, 0.5) is 5.82 Å². The van der Waals surface area contributed by atoms with Crippen molar-refractivity contribution in [2.75, 3.05) is 44.2 Å². The second-order valence-electron chi connectivity index (χ2n) is 9.73. The lowest BCUT2D eigenvalue weighted by Gasteiger charge is -2.48. The van der Waals surface area contributed by atoms with E-state index in [0.29, 0.717) is 17.1 Å². The first-order chi connectivity index (χ1) is 17.6. The lowest BCUT2D eigenvalue weighted by Crippen LogP contribution is -2.58. The highest BCUT2D eigenvalue weighted by molar-refractivity contribution is 6.33. The Kier molecular flexibility index (Phi) is 8.13. The van der Waals surface area contributed by atoms with Crippen LogP contribution in [0.15, 0.2) is 48.9 Å². The highest BCUT2D eigenvalue weighted by Crippen LogP contribution is 2.32. The van der Waals surface area contributed by atoms with Crippen molar-refractivity contribution in [3.8, 4) is 11.4 Å². The van der Waals surface area contributed by atoms with Gasteiger partial charge >= 0.3 is 0 Å². The maximum Gasteiger partial charge on any atom is 0.147 e. The topological polar surface area (TPSA) is 71.5 Å². The van der Waals surface area contributed by atoms with Gasteiger partial charge in [0.2, 0.25) is 0 Å². The molecule has 1 unspecified atom stereocenters. The van der Waals surface area contributed by atoms with Crippen LogP contribution >= 0.6 is 23.2 Å². The van der Waals surface area contributed by atoms with Gasteiger partial charge in [-0.05, 0) is 43.0 Å². The Morgan fingerprint density at radius 1 is 1.08 bits per heavy atom. The minimum Gasteiger partial charge on any atom is -0.394 e. The van der Waals surface area contributed by atoms with E-state index in [0.717, 1.165) is 79.8 Å². The van der Waals surface area contributed by atoms with E-state index in [2.05, 4.69) is 31.6 Å². The first-order valence-corrected chi connectivity index (χ1v) is 13.6. The molecule has 2 aliphatic rings. The van der Waals surface area contributed by atoms with Crippen molar-refractivity contribution < 1.29 is 5.11 Å². The summed E-state index contributed by atoms with van der Waals surface area (Å²) >= 11 is 12.7. The van der Waals surface area contributed by atoms with Gasteiger partial charge in [-0.1, -0.05) is 42.3 Å². The maximum atomic E-state index is 10.1. The van der Waals surface area contributed by atoms with Crippen molar-refractivity contribution in [3.05, 3.63) is 64.5 Å². The molecule has 36 heavy (non-hydrogen) atoms. The monoisotopic (exact) mass is 528 g/mol. The molecule has 3 aromatic rings. The van der Waals surface area contributed by atoms with Gasteiger partial charge in [-0.2, -0.15) is 0 Å². The van der Waals surface area contributed by atoms with Crippen LogP contribution in [0.3, 0.4) is 0 Å². The molecular weight excluding hydrogens is 495 g/mol. The summed E-state index contributed by atoms with van der Waals surface area (Å²) in [7, 11) is 0. The quantitative estimate of drug-likeness (QED) is 0.455. The molecule has 2 aliphatic heterocycles. The van der Waals surface area contributed by atoms with Crippen LogP contribution in [0, 0.1) is 0 Å². The molecule has 4 heterocycles. The van der Waals surface area contributed by atoms with Gasteiger partial charge in [0, 0.05) is 74.0 Å². The third-order valence-corrected chi connectivity index (χ3v) is 8.26. The zero-order valence-corrected chi connectivity index (χ0v) is 22.2. The zero-order valence-electron chi connectivity index (χ0n) is 20.7. The molecule has 0 spiro atoms. The fraction of sp³-hybridized carbons (Fsp3) is 0.481. The van der Waals surface area contributed by atoms with E-state index in [1.807, 2.05) is 36.5 Å². The van der Waals surface area contributed by atoms with Crippen molar-refractivity contribution in [1.82, 2.24) is 24.8 Å². The summed E-state index contributed by atoms with van der Waals surface area (Å²) in [5.41, 5.74) is 2.02. The van der Waals surface area contributed by atoms with Gasteiger partial charge in [0.25, 0.3) is 0 Å². The average molecular weight is 530 g/mol. The Morgan fingerprint density at radius 3 is 2.50 bits per heavy atom. The molecule has 1 aromatic carbocycles. The smallest absolute Gasteiger partial charge is 0.147 e. The first-order valence-electron chi connectivity index (χ1n) is 12.8. The summed E-state index contributed by atoms with van der Waals surface area (Å²) in [4.78, 5) is 19.6. The fourth-order valence-electron chi connectivity index (χ4n) is 5.77. The summed E-state index contributed by atoms with van der Waals surface area (Å²) in [5, 5.41) is 11.5. The van der Waals surface area contributed by atoms with Crippen LogP contribution in [-0.2, 0) is 0 Å². The molecule has 0 bridgehead atoms. The molecule has 2 fully saturated rings. The van der Waals surface area contributed by atoms with Gasteiger partial charge in [0.05, 0.1) is 17.7 Å². The number of piperazine rings is 1.